The Bertz CT molecular complexity index is 1260. The number of carbonyl (C=O) groups excluding carboxylic acids is 1. The molecule has 7 heteroatoms. The molecule has 1 amide bonds. The molecule has 6 nitrogen and oxygen atoms in total. The van der Waals surface area contributed by atoms with Crippen LogP contribution in [-0.4, -0.2) is 20.4 Å². The van der Waals surface area contributed by atoms with Crippen LogP contribution in [0.3, 0.4) is 0 Å². The highest BCUT2D eigenvalue weighted by Gasteiger charge is 2.17. The molecule has 0 atom stereocenters. The van der Waals surface area contributed by atoms with Gasteiger partial charge in [-0.2, -0.15) is 0 Å². The minimum Gasteiger partial charge on any atom is -0.325 e. The highest BCUT2D eigenvalue weighted by atomic mass is 32.1. The summed E-state index contributed by atoms with van der Waals surface area (Å²) in [5.74, 6) is 0.356. The first-order valence-electron chi connectivity index (χ1n) is 10.3. The van der Waals surface area contributed by atoms with Gasteiger partial charge in [-0.3, -0.25) is 14.2 Å². The Hall–Kier alpha value is -3.06. The molecule has 4 rings (SSSR count). The van der Waals surface area contributed by atoms with Crippen molar-refractivity contribution in [1.29, 1.82) is 0 Å². The van der Waals surface area contributed by atoms with Crippen molar-refractivity contribution in [3.05, 3.63) is 64.3 Å². The van der Waals surface area contributed by atoms with Crippen molar-refractivity contribution in [2.24, 2.45) is 0 Å². The quantitative estimate of drug-likeness (QED) is 0.476. The Morgan fingerprint density at radius 1 is 1.17 bits per heavy atom. The standard InChI is InChI=1S/C23H24N4O2S/c1-3-5-7-15-9-11-16(12-10-15)25-19(28)14-27-18(4-2)26-20-17-8-6-13-24-22(17)30-21(20)23(27)29/h6,8-13H,3-5,7,14H2,1-2H3,(H,25,28). The molecule has 0 aliphatic rings. The molecular formula is C23H24N4O2S. The molecule has 0 saturated heterocycles. The lowest BCUT2D eigenvalue weighted by Gasteiger charge is -2.12. The molecule has 0 unspecified atom stereocenters. The average Bonchev–Trinajstić information content (AvgIpc) is 3.14. The van der Waals surface area contributed by atoms with Crippen LogP contribution < -0.4 is 10.9 Å². The van der Waals surface area contributed by atoms with Crippen LogP contribution in [0.4, 0.5) is 5.69 Å². The van der Waals surface area contributed by atoms with E-state index in [4.69, 9.17) is 4.98 Å². The molecule has 1 N–H and O–H groups in total. The van der Waals surface area contributed by atoms with Crippen LogP contribution >= 0.6 is 11.3 Å². The number of hydrogen-bond acceptors (Lipinski definition) is 5. The number of unbranched alkanes of at least 4 members (excludes halogenated alkanes) is 1. The van der Waals surface area contributed by atoms with Crippen molar-refractivity contribution in [3.8, 4) is 0 Å². The first kappa shape index (κ1) is 20.2. The zero-order chi connectivity index (χ0) is 21.1. The van der Waals surface area contributed by atoms with E-state index in [0.717, 1.165) is 35.2 Å². The third-order valence-electron chi connectivity index (χ3n) is 5.11. The summed E-state index contributed by atoms with van der Waals surface area (Å²) in [6, 6.07) is 11.7. The molecule has 0 spiro atoms. The number of nitrogens with zero attached hydrogens (tertiary/aromatic N) is 3. The lowest BCUT2D eigenvalue weighted by atomic mass is 10.1. The summed E-state index contributed by atoms with van der Waals surface area (Å²) in [6.07, 6.45) is 5.61. The third kappa shape index (κ3) is 3.98. The number of aromatic nitrogens is 3. The second kappa shape index (κ2) is 8.75. The summed E-state index contributed by atoms with van der Waals surface area (Å²) in [4.78, 5) is 35.6. The molecule has 0 fully saturated rings. The first-order chi connectivity index (χ1) is 14.6. The van der Waals surface area contributed by atoms with E-state index >= 15 is 0 Å². The van der Waals surface area contributed by atoms with E-state index in [1.54, 1.807) is 6.20 Å². The van der Waals surface area contributed by atoms with E-state index in [1.165, 1.54) is 21.5 Å². The summed E-state index contributed by atoms with van der Waals surface area (Å²) in [6.45, 7) is 4.04. The molecular weight excluding hydrogens is 396 g/mol. The average molecular weight is 421 g/mol. The number of hydrogen-bond donors (Lipinski definition) is 1. The largest absolute Gasteiger partial charge is 0.325 e. The monoisotopic (exact) mass is 420 g/mol. The Morgan fingerprint density at radius 2 is 1.97 bits per heavy atom. The molecule has 0 radical (unpaired) electrons. The number of anilines is 1. The minimum absolute atomic E-state index is 0.0653. The molecule has 30 heavy (non-hydrogen) atoms. The van der Waals surface area contributed by atoms with Gasteiger partial charge in [0, 0.05) is 23.7 Å². The van der Waals surface area contributed by atoms with Crippen molar-refractivity contribution in [3.63, 3.8) is 0 Å². The number of carbonyl (C=O) groups is 1. The Balaban J connectivity index is 1.59. The fourth-order valence-electron chi connectivity index (χ4n) is 3.52. The number of thiophene rings is 1. The number of amides is 1. The maximum Gasteiger partial charge on any atom is 0.272 e. The van der Waals surface area contributed by atoms with Crippen molar-refractivity contribution in [2.75, 3.05) is 5.32 Å². The minimum atomic E-state index is -0.242. The maximum absolute atomic E-state index is 13.1. The summed E-state index contributed by atoms with van der Waals surface area (Å²) >= 11 is 1.32. The molecule has 0 aliphatic carbocycles. The van der Waals surface area contributed by atoms with Crippen molar-refractivity contribution >= 4 is 43.4 Å². The normalized spacial score (nSPS) is 11.3. The Labute approximate surface area is 178 Å². The number of nitrogens with one attached hydrogen (secondary N) is 1. The van der Waals surface area contributed by atoms with E-state index in [2.05, 4.69) is 17.2 Å². The van der Waals surface area contributed by atoms with Crippen LogP contribution in [0.25, 0.3) is 20.4 Å². The van der Waals surface area contributed by atoms with E-state index in [0.29, 0.717) is 22.5 Å². The van der Waals surface area contributed by atoms with Crippen LogP contribution in [0.2, 0.25) is 0 Å². The predicted octanol–water partition coefficient (Wildman–Crippen LogP) is 4.55. The van der Waals surface area contributed by atoms with E-state index in [-0.39, 0.29) is 18.0 Å². The number of benzene rings is 1. The fraction of sp³-hybridized carbons (Fsp3) is 0.304. The van der Waals surface area contributed by atoms with Gasteiger partial charge in [0.15, 0.2) is 0 Å². The van der Waals surface area contributed by atoms with Gasteiger partial charge in [0.1, 0.15) is 21.9 Å². The van der Waals surface area contributed by atoms with E-state index in [9.17, 15) is 9.59 Å². The molecule has 0 bridgehead atoms. The van der Waals surface area contributed by atoms with Gasteiger partial charge in [-0.15, -0.1) is 11.3 Å². The van der Waals surface area contributed by atoms with Gasteiger partial charge in [-0.05, 0) is 42.7 Å². The summed E-state index contributed by atoms with van der Waals surface area (Å²) < 4.78 is 2.01. The second-order valence-corrected chi connectivity index (χ2v) is 8.26. The molecule has 154 valence electrons. The number of rotatable bonds is 7. The maximum atomic E-state index is 13.1. The van der Waals surface area contributed by atoms with Gasteiger partial charge in [0.2, 0.25) is 5.91 Å². The van der Waals surface area contributed by atoms with Crippen LogP contribution in [0.1, 0.15) is 38.1 Å². The number of fused-ring (bicyclic) bond motifs is 3. The zero-order valence-electron chi connectivity index (χ0n) is 17.1. The SMILES string of the molecule is CCCCc1ccc(NC(=O)Cn2c(CC)nc3c(sc4ncccc43)c2=O)cc1. The van der Waals surface area contributed by atoms with Gasteiger partial charge in [-0.25, -0.2) is 9.97 Å². The molecule has 4 aromatic rings. The first-order valence-corrected chi connectivity index (χ1v) is 11.1. The van der Waals surface area contributed by atoms with Crippen LogP contribution in [0, 0.1) is 0 Å². The topological polar surface area (TPSA) is 76.9 Å². The second-order valence-electron chi connectivity index (χ2n) is 7.26. The Morgan fingerprint density at radius 3 is 2.70 bits per heavy atom. The molecule has 1 aromatic carbocycles. The van der Waals surface area contributed by atoms with Crippen LogP contribution in [0.5, 0.6) is 0 Å². The van der Waals surface area contributed by atoms with Gasteiger partial charge >= 0.3 is 0 Å². The lowest BCUT2D eigenvalue weighted by molar-refractivity contribution is -0.116. The van der Waals surface area contributed by atoms with Gasteiger partial charge in [0.05, 0.1) is 5.52 Å². The zero-order valence-corrected chi connectivity index (χ0v) is 18.0. The molecule has 0 saturated carbocycles. The van der Waals surface area contributed by atoms with Crippen molar-refractivity contribution in [1.82, 2.24) is 14.5 Å². The van der Waals surface area contributed by atoms with Crippen LogP contribution in [0.15, 0.2) is 47.4 Å². The summed E-state index contributed by atoms with van der Waals surface area (Å²) in [7, 11) is 0. The van der Waals surface area contributed by atoms with Gasteiger partial charge in [-0.1, -0.05) is 32.4 Å². The number of pyridine rings is 1. The van der Waals surface area contributed by atoms with E-state index < -0.39 is 0 Å². The van der Waals surface area contributed by atoms with Crippen molar-refractivity contribution < 1.29 is 4.79 Å². The van der Waals surface area contributed by atoms with E-state index in [1.807, 2.05) is 43.3 Å². The molecule has 0 aliphatic heterocycles. The predicted molar refractivity (Wildman–Crippen MR) is 122 cm³/mol. The number of aryl methyl sites for hydroxylation is 2. The highest BCUT2D eigenvalue weighted by molar-refractivity contribution is 7.25. The third-order valence-corrected chi connectivity index (χ3v) is 6.20. The smallest absolute Gasteiger partial charge is 0.272 e. The molecule has 3 aromatic heterocycles. The van der Waals surface area contributed by atoms with Gasteiger partial charge in [0.25, 0.3) is 5.56 Å². The fourth-order valence-corrected chi connectivity index (χ4v) is 4.55. The molecule has 3 heterocycles. The highest BCUT2D eigenvalue weighted by Crippen LogP contribution is 2.28. The summed E-state index contributed by atoms with van der Waals surface area (Å²) in [5.41, 5.74) is 2.47. The van der Waals surface area contributed by atoms with Crippen molar-refractivity contribution in [2.45, 2.75) is 46.1 Å². The summed E-state index contributed by atoms with van der Waals surface area (Å²) in [5, 5.41) is 3.77. The van der Waals surface area contributed by atoms with Gasteiger partial charge < -0.3 is 5.32 Å². The van der Waals surface area contributed by atoms with Crippen LogP contribution in [-0.2, 0) is 24.2 Å². The Kier molecular flexibility index (Phi) is 5.90. The lowest BCUT2D eigenvalue weighted by Crippen LogP contribution is -2.30.